The van der Waals surface area contributed by atoms with Crippen LogP contribution >= 0.6 is 11.6 Å². The Hall–Kier alpha value is -2.70. The summed E-state index contributed by atoms with van der Waals surface area (Å²) in [6, 6.07) is 18.1. The zero-order valence-electron chi connectivity index (χ0n) is 19.4. The van der Waals surface area contributed by atoms with Gasteiger partial charge in [0, 0.05) is 29.6 Å². The molecule has 0 radical (unpaired) electrons. The second-order valence-electron chi connectivity index (χ2n) is 9.53. The standard InChI is InChI=1S/C27H31ClN4O2/c28-24-8-4-7-23(18-24)26-29-25(34-30-26)19-31-13-11-22(12-14-31)27(33)32-15-9-21(10-16-32)17-20-5-2-1-3-6-20/h1-8,18,21-22H,9-17,19H2. The number of benzene rings is 2. The molecule has 2 fully saturated rings. The van der Waals surface area contributed by atoms with Crippen LogP contribution in [0.25, 0.3) is 11.4 Å². The molecule has 2 saturated heterocycles. The number of carbonyl (C=O) groups excluding carboxylic acids is 1. The Kier molecular flexibility index (Phi) is 7.26. The molecule has 178 valence electrons. The van der Waals surface area contributed by atoms with Gasteiger partial charge in [-0.2, -0.15) is 4.98 Å². The fourth-order valence-corrected chi connectivity index (χ4v) is 5.35. The average molecular weight is 479 g/mol. The van der Waals surface area contributed by atoms with E-state index in [1.807, 2.05) is 24.3 Å². The summed E-state index contributed by atoms with van der Waals surface area (Å²) in [4.78, 5) is 22.1. The molecular weight excluding hydrogens is 448 g/mol. The van der Waals surface area contributed by atoms with E-state index in [1.54, 1.807) is 0 Å². The van der Waals surface area contributed by atoms with E-state index in [0.29, 0.717) is 35.1 Å². The first-order chi connectivity index (χ1) is 16.6. The number of amides is 1. The van der Waals surface area contributed by atoms with Crippen molar-refractivity contribution in [3.8, 4) is 11.4 Å². The van der Waals surface area contributed by atoms with E-state index in [1.165, 1.54) is 5.56 Å². The topological polar surface area (TPSA) is 62.5 Å². The van der Waals surface area contributed by atoms with Gasteiger partial charge in [-0.15, -0.1) is 0 Å². The van der Waals surface area contributed by atoms with Crippen LogP contribution in [-0.2, 0) is 17.8 Å². The molecule has 0 spiro atoms. The van der Waals surface area contributed by atoms with Gasteiger partial charge in [0.15, 0.2) is 0 Å². The Morgan fingerprint density at radius 2 is 1.74 bits per heavy atom. The van der Waals surface area contributed by atoms with E-state index in [9.17, 15) is 4.79 Å². The highest BCUT2D eigenvalue weighted by molar-refractivity contribution is 6.30. The van der Waals surface area contributed by atoms with Crippen molar-refractivity contribution in [2.45, 2.75) is 38.6 Å². The number of piperidine rings is 2. The molecule has 0 saturated carbocycles. The lowest BCUT2D eigenvalue weighted by molar-refractivity contribution is -0.138. The SMILES string of the molecule is O=C(C1CCN(Cc2nc(-c3cccc(Cl)c3)no2)CC1)N1CCC(Cc2ccccc2)CC1. The minimum atomic E-state index is 0.131. The number of nitrogens with zero attached hydrogens (tertiary/aromatic N) is 4. The normalized spacial score (nSPS) is 18.3. The maximum atomic E-state index is 13.1. The van der Waals surface area contributed by atoms with Crippen molar-refractivity contribution >= 4 is 17.5 Å². The smallest absolute Gasteiger partial charge is 0.241 e. The first kappa shape index (κ1) is 23.1. The Bertz CT molecular complexity index is 1090. The van der Waals surface area contributed by atoms with Crippen LogP contribution in [0.4, 0.5) is 0 Å². The number of rotatable bonds is 6. The summed E-state index contributed by atoms with van der Waals surface area (Å²) in [7, 11) is 0. The van der Waals surface area contributed by atoms with Crippen molar-refractivity contribution in [1.82, 2.24) is 19.9 Å². The molecule has 7 heteroatoms. The molecule has 0 atom stereocenters. The second-order valence-corrected chi connectivity index (χ2v) is 9.97. The number of hydrogen-bond donors (Lipinski definition) is 0. The van der Waals surface area contributed by atoms with Gasteiger partial charge in [-0.3, -0.25) is 9.69 Å². The van der Waals surface area contributed by atoms with Crippen LogP contribution in [0.1, 0.15) is 37.1 Å². The number of halogens is 1. The van der Waals surface area contributed by atoms with Crippen molar-refractivity contribution in [3.63, 3.8) is 0 Å². The van der Waals surface area contributed by atoms with Gasteiger partial charge in [0.1, 0.15) is 0 Å². The predicted molar refractivity (Wildman–Crippen MR) is 132 cm³/mol. The largest absolute Gasteiger partial charge is 0.342 e. The van der Waals surface area contributed by atoms with Gasteiger partial charge >= 0.3 is 0 Å². The van der Waals surface area contributed by atoms with Gasteiger partial charge in [0.2, 0.25) is 17.6 Å². The summed E-state index contributed by atoms with van der Waals surface area (Å²) in [6.07, 6.45) is 5.10. The lowest BCUT2D eigenvalue weighted by Gasteiger charge is -2.37. The van der Waals surface area contributed by atoms with Gasteiger partial charge in [-0.1, -0.05) is 59.2 Å². The number of likely N-dealkylation sites (tertiary alicyclic amines) is 2. The highest BCUT2D eigenvalue weighted by Crippen LogP contribution is 2.27. The van der Waals surface area contributed by atoms with E-state index < -0.39 is 0 Å². The van der Waals surface area contributed by atoms with Crippen LogP contribution in [0.5, 0.6) is 0 Å². The van der Waals surface area contributed by atoms with Gasteiger partial charge < -0.3 is 9.42 Å². The monoisotopic (exact) mass is 478 g/mol. The van der Waals surface area contributed by atoms with Crippen LogP contribution in [0.3, 0.4) is 0 Å². The maximum Gasteiger partial charge on any atom is 0.241 e. The van der Waals surface area contributed by atoms with Crippen LogP contribution < -0.4 is 0 Å². The summed E-state index contributed by atoms with van der Waals surface area (Å²) < 4.78 is 5.46. The zero-order valence-corrected chi connectivity index (χ0v) is 20.2. The van der Waals surface area contributed by atoms with Crippen molar-refractivity contribution in [1.29, 1.82) is 0 Å². The second kappa shape index (κ2) is 10.7. The van der Waals surface area contributed by atoms with E-state index in [-0.39, 0.29) is 5.92 Å². The molecule has 6 nitrogen and oxygen atoms in total. The molecule has 3 aromatic rings. The summed E-state index contributed by atoms with van der Waals surface area (Å²) in [5.74, 6) is 2.31. The average Bonchev–Trinajstić information content (AvgIpc) is 3.34. The summed E-state index contributed by atoms with van der Waals surface area (Å²) in [6.45, 7) is 4.14. The van der Waals surface area contributed by atoms with Crippen LogP contribution in [-0.4, -0.2) is 52.0 Å². The number of aromatic nitrogens is 2. The third kappa shape index (κ3) is 5.68. The third-order valence-corrected chi connectivity index (χ3v) is 7.38. The summed E-state index contributed by atoms with van der Waals surface area (Å²) >= 11 is 6.07. The molecule has 2 aliphatic rings. The molecule has 1 amide bonds. The lowest BCUT2D eigenvalue weighted by Crippen LogP contribution is -2.45. The Labute approximate surface area is 205 Å². The zero-order chi connectivity index (χ0) is 23.3. The highest BCUT2D eigenvalue weighted by atomic mass is 35.5. The minimum absolute atomic E-state index is 0.131. The fraction of sp³-hybridized carbons (Fsp3) is 0.444. The van der Waals surface area contributed by atoms with Crippen molar-refractivity contribution < 1.29 is 9.32 Å². The molecule has 0 aliphatic carbocycles. The third-order valence-electron chi connectivity index (χ3n) is 7.14. The van der Waals surface area contributed by atoms with Crippen molar-refractivity contribution in [2.24, 2.45) is 11.8 Å². The van der Waals surface area contributed by atoms with Crippen LogP contribution in [0.2, 0.25) is 5.02 Å². The molecule has 5 rings (SSSR count). The van der Waals surface area contributed by atoms with Gasteiger partial charge in [-0.25, -0.2) is 0 Å². The van der Waals surface area contributed by atoms with Gasteiger partial charge in [-0.05, 0) is 68.8 Å². The van der Waals surface area contributed by atoms with Crippen molar-refractivity contribution in [3.05, 3.63) is 71.1 Å². The first-order valence-corrected chi connectivity index (χ1v) is 12.7. The van der Waals surface area contributed by atoms with Crippen LogP contribution in [0.15, 0.2) is 59.1 Å². The Morgan fingerprint density at radius 1 is 0.971 bits per heavy atom. The Balaban J connectivity index is 1.07. The fourth-order valence-electron chi connectivity index (χ4n) is 5.16. The molecular formula is C27H31ClN4O2. The van der Waals surface area contributed by atoms with Gasteiger partial charge in [0.25, 0.3) is 0 Å². The summed E-state index contributed by atoms with van der Waals surface area (Å²) in [5, 5.41) is 4.75. The molecule has 1 aromatic heterocycles. The maximum absolute atomic E-state index is 13.1. The Morgan fingerprint density at radius 3 is 2.47 bits per heavy atom. The molecule has 0 unspecified atom stereocenters. The highest BCUT2D eigenvalue weighted by Gasteiger charge is 2.31. The summed E-state index contributed by atoms with van der Waals surface area (Å²) in [5.41, 5.74) is 2.25. The lowest BCUT2D eigenvalue weighted by atomic mass is 9.88. The van der Waals surface area contributed by atoms with Crippen molar-refractivity contribution in [2.75, 3.05) is 26.2 Å². The molecule has 0 N–H and O–H groups in total. The minimum Gasteiger partial charge on any atom is -0.342 e. The number of hydrogen-bond acceptors (Lipinski definition) is 5. The van der Waals surface area contributed by atoms with E-state index in [2.05, 4.69) is 50.3 Å². The molecule has 2 aliphatic heterocycles. The van der Waals surface area contributed by atoms with E-state index in [4.69, 9.17) is 16.1 Å². The predicted octanol–water partition coefficient (Wildman–Crippen LogP) is 5.08. The van der Waals surface area contributed by atoms with Gasteiger partial charge in [0.05, 0.1) is 6.54 Å². The first-order valence-electron chi connectivity index (χ1n) is 12.3. The molecule has 2 aromatic carbocycles. The quantitative estimate of drug-likeness (QED) is 0.494. The molecule has 0 bridgehead atoms. The van der Waals surface area contributed by atoms with Crippen LogP contribution in [0, 0.1) is 11.8 Å². The molecule has 34 heavy (non-hydrogen) atoms. The molecule has 3 heterocycles. The van der Waals surface area contributed by atoms with E-state index in [0.717, 1.165) is 63.8 Å². The number of carbonyl (C=O) groups is 1. The van der Waals surface area contributed by atoms with E-state index >= 15 is 0 Å².